The van der Waals surface area contributed by atoms with Crippen LogP contribution < -0.4 is 4.74 Å². The molecule has 0 aliphatic rings. The molecular formula is C13H11NO4. The monoisotopic (exact) mass is 245 g/mol. The van der Waals surface area contributed by atoms with E-state index < -0.39 is 5.97 Å². The van der Waals surface area contributed by atoms with E-state index >= 15 is 0 Å². The van der Waals surface area contributed by atoms with E-state index in [1.165, 1.54) is 0 Å². The van der Waals surface area contributed by atoms with Crippen molar-refractivity contribution in [3.8, 4) is 11.8 Å². The molecule has 2 aromatic rings. The standard InChI is InChI=1S/C13H11NO4/c1-2-16-12(15)8-17-13-9-5-3-4-6-10(9)18-11(13)7-14/h3-6H,2,8H2,1H3. The first kappa shape index (κ1) is 12.0. The number of carbonyl (C=O) groups excluding carboxylic acids is 1. The average molecular weight is 245 g/mol. The zero-order chi connectivity index (χ0) is 13.0. The quantitative estimate of drug-likeness (QED) is 0.772. The Morgan fingerprint density at radius 3 is 2.94 bits per heavy atom. The molecule has 18 heavy (non-hydrogen) atoms. The predicted molar refractivity (Wildman–Crippen MR) is 63.1 cm³/mol. The number of esters is 1. The Hall–Kier alpha value is -2.48. The van der Waals surface area contributed by atoms with Gasteiger partial charge in [-0.05, 0) is 19.1 Å². The summed E-state index contributed by atoms with van der Waals surface area (Å²) in [5.41, 5.74) is 0.549. The van der Waals surface area contributed by atoms with E-state index in [-0.39, 0.29) is 18.1 Å². The minimum absolute atomic E-state index is 0.0560. The van der Waals surface area contributed by atoms with Gasteiger partial charge in [-0.15, -0.1) is 0 Å². The van der Waals surface area contributed by atoms with Crippen LogP contribution in [0.4, 0.5) is 0 Å². The fourth-order valence-electron chi connectivity index (χ4n) is 1.57. The molecule has 1 heterocycles. The normalized spacial score (nSPS) is 10.0. The first-order valence-corrected chi connectivity index (χ1v) is 5.46. The Labute approximate surface area is 104 Å². The van der Waals surface area contributed by atoms with Crippen molar-refractivity contribution in [3.05, 3.63) is 30.0 Å². The maximum absolute atomic E-state index is 11.2. The third-order valence-electron chi connectivity index (χ3n) is 2.29. The van der Waals surface area contributed by atoms with Crippen LogP contribution in [-0.2, 0) is 9.53 Å². The lowest BCUT2D eigenvalue weighted by atomic mass is 10.2. The summed E-state index contributed by atoms with van der Waals surface area (Å²) in [4.78, 5) is 11.2. The maximum Gasteiger partial charge on any atom is 0.344 e. The van der Waals surface area contributed by atoms with Gasteiger partial charge in [0, 0.05) is 0 Å². The minimum Gasteiger partial charge on any atom is -0.476 e. The highest BCUT2D eigenvalue weighted by Crippen LogP contribution is 2.32. The fraction of sp³-hybridized carbons (Fsp3) is 0.231. The van der Waals surface area contributed by atoms with E-state index in [9.17, 15) is 4.79 Å². The summed E-state index contributed by atoms with van der Waals surface area (Å²) < 4.78 is 15.4. The summed E-state index contributed by atoms with van der Waals surface area (Å²) in [5.74, 6) is -0.145. The van der Waals surface area contributed by atoms with Crippen molar-refractivity contribution in [2.24, 2.45) is 0 Å². The van der Waals surface area contributed by atoms with Gasteiger partial charge < -0.3 is 13.9 Å². The Morgan fingerprint density at radius 1 is 1.44 bits per heavy atom. The molecule has 0 N–H and O–H groups in total. The van der Waals surface area contributed by atoms with Crippen molar-refractivity contribution in [1.29, 1.82) is 5.26 Å². The van der Waals surface area contributed by atoms with Crippen LogP contribution in [0.1, 0.15) is 12.7 Å². The van der Waals surface area contributed by atoms with Gasteiger partial charge in [0.15, 0.2) is 12.4 Å². The molecule has 0 saturated carbocycles. The van der Waals surface area contributed by atoms with Crippen LogP contribution in [0.25, 0.3) is 11.0 Å². The fourth-order valence-corrected chi connectivity index (χ4v) is 1.57. The molecule has 0 amide bonds. The maximum atomic E-state index is 11.2. The number of nitrogens with zero attached hydrogens (tertiary/aromatic N) is 1. The summed E-state index contributed by atoms with van der Waals surface area (Å²) in [5, 5.41) is 9.61. The highest BCUT2D eigenvalue weighted by Gasteiger charge is 2.16. The molecule has 0 aliphatic heterocycles. The van der Waals surface area contributed by atoms with Crippen molar-refractivity contribution in [2.45, 2.75) is 6.92 Å². The molecule has 5 heteroatoms. The van der Waals surface area contributed by atoms with Gasteiger partial charge in [0.25, 0.3) is 0 Å². The van der Waals surface area contributed by atoms with Gasteiger partial charge in [0.2, 0.25) is 5.76 Å². The zero-order valence-electron chi connectivity index (χ0n) is 9.80. The number of furan rings is 1. The van der Waals surface area contributed by atoms with Gasteiger partial charge in [-0.2, -0.15) is 5.26 Å². The first-order valence-electron chi connectivity index (χ1n) is 5.46. The number of carbonyl (C=O) groups is 1. The molecule has 1 aromatic carbocycles. The van der Waals surface area contributed by atoms with Gasteiger partial charge in [0.05, 0.1) is 12.0 Å². The second-order valence-corrected chi connectivity index (χ2v) is 3.46. The van der Waals surface area contributed by atoms with Crippen LogP contribution in [0, 0.1) is 11.3 Å². The predicted octanol–water partition coefficient (Wildman–Crippen LogP) is 2.25. The Bertz CT molecular complexity index is 609. The Morgan fingerprint density at radius 2 is 2.22 bits per heavy atom. The minimum atomic E-state index is -0.480. The lowest BCUT2D eigenvalue weighted by Gasteiger charge is -2.03. The van der Waals surface area contributed by atoms with Crippen molar-refractivity contribution < 1.29 is 18.7 Å². The summed E-state index contributed by atoms with van der Waals surface area (Å²) >= 11 is 0. The zero-order valence-corrected chi connectivity index (χ0v) is 9.80. The van der Waals surface area contributed by atoms with E-state index in [0.717, 1.165) is 0 Å². The van der Waals surface area contributed by atoms with Gasteiger partial charge in [0.1, 0.15) is 11.7 Å². The van der Waals surface area contributed by atoms with Crippen LogP contribution in [0.5, 0.6) is 5.75 Å². The van der Waals surface area contributed by atoms with E-state index in [0.29, 0.717) is 17.6 Å². The molecule has 5 nitrogen and oxygen atoms in total. The lowest BCUT2D eigenvalue weighted by molar-refractivity contribution is -0.145. The number of benzene rings is 1. The second kappa shape index (κ2) is 5.23. The molecule has 0 fully saturated rings. The van der Waals surface area contributed by atoms with E-state index in [4.69, 9.17) is 19.2 Å². The Balaban J connectivity index is 2.26. The molecule has 0 bridgehead atoms. The second-order valence-electron chi connectivity index (χ2n) is 3.46. The van der Waals surface area contributed by atoms with Gasteiger partial charge >= 0.3 is 5.97 Å². The summed E-state index contributed by atoms with van der Waals surface area (Å²) in [6.45, 7) is 1.76. The van der Waals surface area contributed by atoms with Crippen molar-refractivity contribution in [3.63, 3.8) is 0 Å². The van der Waals surface area contributed by atoms with Crippen LogP contribution in [0.3, 0.4) is 0 Å². The molecule has 1 aromatic heterocycles. The molecule has 0 radical (unpaired) electrons. The van der Waals surface area contributed by atoms with Crippen molar-refractivity contribution >= 4 is 16.9 Å². The number of rotatable bonds is 4. The first-order chi connectivity index (χ1) is 8.76. The van der Waals surface area contributed by atoms with Crippen LogP contribution >= 0.6 is 0 Å². The summed E-state index contributed by atoms with van der Waals surface area (Å²) in [7, 11) is 0. The SMILES string of the molecule is CCOC(=O)COc1c(C#N)oc2ccccc12. The van der Waals surface area contributed by atoms with E-state index in [1.54, 1.807) is 31.2 Å². The summed E-state index contributed by atoms with van der Waals surface area (Å²) in [6, 6.07) is 8.99. The van der Waals surface area contributed by atoms with Crippen molar-refractivity contribution in [1.82, 2.24) is 0 Å². The highest BCUT2D eigenvalue weighted by molar-refractivity contribution is 5.86. The van der Waals surface area contributed by atoms with Gasteiger partial charge in [-0.25, -0.2) is 4.79 Å². The molecule has 0 unspecified atom stereocenters. The van der Waals surface area contributed by atoms with Gasteiger partial charge in [-0.3, -0.25) is 0 Å². The lowest BCUT2D eigenvalue weighted by Crippen LogP contribution is -2.14. The van der Waals surface area contributed by atoms with Crippen LogP contribution in [0.15, 0.2) is 28.7 Å². The van der Waals surface area contributed by atoms with E-state index in [2.05, 4.69) is 0 Å². The molecule has 92 valence electrons. The number of ether oxygens (including phenoxy) is 2. The number of fused-ring (bicyclic) bond motifs is 1. The number of hydrogen-bond acceptors (Lipinski definition) is 5. The summed E-state index contributed by atoms with van der Waals surface area (Å²) in [6.07, 6.45) is 0. The average Bonchev–Trinajstić information content (AvgIpc) is 2.74. The molecular weight excluding hydrogens is 234 g/mol. The largest absolute Gasteiger partial charge is 0.476 e. The third-order valence-corrected chi connectivity index (χ3v) is 2.29. The molecule has 0 saturated heterocycles. The number of nitriles is 1. The smallest absolute Gasteiger partial charge is 0.344 e. The van der Waals surface area contributed by atoms with Crippen molar-refractivity contribution in [2.75, 3.05) is 13.2 Å². The van der Waals surface area contributed by atoms with Gasteiger partial charge in [-0.1, -0.05) is 12.1 Å². The van der Waals surface area contributed by atoms with Crippen LogP contribution in [-0.4, -0.2) is 19.2 Å². The topological polar surface area (TPSA) is 72.5 Å². The molecule has 0 aliphatic carbocycles. The molecule has 2 rings (SSSR count). The molecule has 0 spiro atoms. The number of hydrogen-bond donors (Lipinski definition) is 0. The number of para-hydroxylation sites is 1. The van der Waals surface area contributed by atoms with E-state index in [1.807, 2.05) is 6.07 Å². The molecule has 0 atom stereocenters. The Kier molecular flexibility index (Phi) is 3.49. The van der Waals surface area contributed by atoms with Crippen LogP contribution in [0.2, 0.25) is 0 Å². The third kappa shape index (κ3) is 2.28. The highest BCUT2D eigenvalue weighted by atomic mass is 16.6.